The maximum absolute atomic E-state index is 5.64. The van der Waals surface area contributed by atoms with Crippen LogP contribution in [-0.4, -0.2) is 18.6 Å². The van der Waals surface area contributed by atoms with Gasteiger partial charge in [0.15, 0.2) is 0 Å². The molecule has 5 N–H and O–H groups in total. The van der Waals surface area contributed by atoms with Gasteiger partial charge in [0, 0.05) is 18.6 Å². The summed E-state index contributed by atoms with van der Waals surface area (Å²) in [6.45, 7) is 8.11. The quantitative estimate of drug-likeness (QED) is 0.404. The Morgan fingerprint density at radius 3 is 1.50 bits per heavy atom. The predicted octanol–water partition coefficient (Wildman–Crippen LogP) is 5.73. The molecular weight excluding hydrogens is 390 g/mol. The molecule has 0 heterocycles. The van der Waals surface area contributed by atoms with Gasteiger partial charge in [0.1, 0.15) is 0 Å². The summed E-state index contributed by atoms with van der Waals surface area (Å²) < 4.78 is 0. The highest BCUT2D eigenvalue weighted by atomic mass is 14.9. The second-order valence-electron chi connectivity index (χ2n) is 8.40. The van der Waals surface area contributed by atoms with E-state index in [-0.39, 0.29) is 0 Å². The van der Waals surface area contributed by atoms with Crippen molar-refractivity contribution in [1.29, 1.82) is 0 Å². The second kappa shape index (κ2) is 18.1. The van der Waals surface area contributed by atoms with Crippen LogP contribution in [0.3, 0.4) is 0 Å². The summed E-state index contributed by atoms with van der Waals surface area (Å²) in [5.74, 6) is 0. The van der Waals surface area contributed by atoms with E-state index in [4.69, 9.17) is 11.5 Å². The Morgan fingerprint density at radius 2 is 1.09 bits per heavy atom. The van der Waals surface area contributed by atoms with Gasteiger partial charge < -0.3 is 16.8 Å². The summed E-state index contributed by atoms with van der Waals surface area (Å²) in [6, 6.07) is 32.2. The summed E-state index contributed by atoms with van der Waals surface area (Å²) in [6.07, 6.45) is 4.36. The molecule has 3 nitrogen and oxygen atoms in total. The van der Waals surface area contributed by atoms with Gasteiger partial charge in [-0.15, -0.1) is 0 Å². The van der Waals surface area contributed by atoms with Gasteiger partial charge in [-0.05, 0) is 55.8 Å². The first-order chi connectivity index (χ1) is 15.5. The molecule has 3 aromatic rings. The number of nitrogens with one attached hydrogen (secondary N) is 1. The minimum absolute atomic E-state index is 0.315. The molecule has 1 unspecified atom stereocenters. The first-order valence-corrected chi connectivity index (χ1v) is 11.8. The summed E-state index contributed by atoms with van der Waals surface area (Å²) >= 11 is 0. The summed E-state index contributed by atoms with van der Waals surface area (Å²) in [5, 5.41) is 3.36. The van der Waals surface area contributed by atoms with Crippen LogP contribution in [0.5, 0.6) is 0 Å². The van der Waals surface area contributed by atoms with Crippen molar-refractivity contribution in [3.05, 3.63) is 108 Å². The van der Waals surface area contributed by atoms with Crippen LogP contribution in [0.4, 0.5) is 0 Å². The van der Waals surface area contributed by atoms with Crippen molar-refractivity contribution in [2.75, 3.05) is 6.54 Å². The Bertz CT molecular complexity index is 724. The van der Waals surface area contributed by atoms with Crippen LogP contribution in [0.25, 0.3) is 0 Å². The number of hydrogen-bond acceptors (Lipinski definition) is 3. The van der Waals surface area contributed by atoms with Crippen molar-refractivity contribution < 1.29 is 0 Å². The van der Waals surface area contributed by atoms with Gasteiger partial charge >= 0.3 is 0 Å². The normalized spacial score (nSPS) is 11.1. The Morgan fingerprint density at radius 1 is 0.656 bits per heavy atom. The second-order valence-corrected chi connectivity index (χ2v) is 8.40. The van der Waals surface area contributed by atoms with Crippen LogP contribution in [0.15, 0.2) is 91.0 Å². The Hall–Kier alpha value is -2.46. The molecule has 0 fully saturated rings. The fraction of sp³-hybridized carbons (Fsp3) is 0.379. The fourth-order valence-corrected chi connectivity index (χ4v) is 2.91. The van der Waals surface area contributed by atoms with Crippen molar-refractivity contribution in [2.24, 2.45) is 11.5 Å². The molecule has 3 aromatic carbocycles. The third kappa shape index (κ3) is 15.4. The van der Waals surface area contributed by atoms with Crippen molar-refractivity contribution in [3.8, 4) is 0 Å². The number of aryl methyl sites for hydroxylation is 2. The van der Waals surface area contributed by atoms with Gasteiger partial charge in [0.2, 0.25) is 0 Å². The molecule has 0 aliphatic rings. The van der Waals surface area contributed by atoms with Crippen molar-refractivity contribution in [3.63, 3.8) is 0 Å². The Balaban J connectivity index is 0.000000240. The lowest BCUT2D eigenvalue weighted by Gasteiger charge is -2.06. The summed E-state index contributed by atoms with van der Waals surface area (Å²) in [4.78, 5) is 0. The van der Waals surface area contributed by atoms with Gasteiger partial charge in [-0.25, -0.2) is 0 Å². The van der Waals surface area contributed by atoms with Crippen molar-refractivity contribution >= 4 is 0 Å². The van der Waals surface area contributed by atoms with E-state index in [0.717, 1.165) is 38.8 Å². The molecule has 0 aliphatic carbocycles. The van der Waals surface area contributed by atoms with E-state index in [1.54, 1.807) is 0 Å². The predicted molar refractivity (Wildman–Crippen MR) is 141 cm³/mol. The van der Waals surface area contributed by atoms with Gasteiger partial charge in [0.25, 0.3) is 0 Å². The molecule has 32 heavy (non-hydrogen) atoms. The number of benzene rings is 3. The average Bonchev–Trinajstić information content (AvgIpc) is 2.83. The zero-order valence-corrected chi connectivity index (χ0v) is 20.2. The minimum atomic E-state index is 0.315. The molecule has 0 saturated heterocycles. The Labute approximate surface area is 196 Å². The standard InChI is InChI=1S/2C10H15N.C9H13N/c1-9(2)11-8-10-6-4-3-5-7-10;1-9(11)7-8-10-5-3-2-4-6-10;10-8-4-7-9-5-2-1-3-6-9/h3-7,9,11H,8H2,1-2H3;2-6,9H,7-8,11H2,1H3;1-3,5-6H,4,7-8,10H2. The van der Waals surface area contributed by atoms with Crippen molar-refractivity contribution in [2.45, 2.75) is 65.1 Å². The Kier molecular flexibility index (Phi) is 15.6. The van der Waals surface area contributed by atoms with Gasteiger partial charge in [-0.3, -0.25) is 0 Å². The van der Waals surface area contributed by atoms with E-state index < -0.39 is 0 Å². The number of rotatable bonds is 9. The molecule has 174 valence electrons. The first-order valence-electron chi connectivity index (χ1n) is 11.8. The molecule has 0 radical (unpaired) electrons. The SMILES string of the molecule is CC(C)NCc1ccccc1.CC(N)CCc1ccccc1.NCCCc1ccccc1. The van der Waals surface area contributed by atoms with E-state index in [1.807, 2.05) is 25.1 Å². The zero-order valence-electron chi connectivity index (χ0n) is 20.2. The maximum atomic E-state index is 5.64. The molecule has 0 aliphatic heterocycles. The van der Waals surface area contributed by atoms with Gasteiger partial charge in [-0.1, -0.05) is 105 Å². The zero-order chi connectivity index (χ0) is 23.4. The van der Waals surface area contributed by atoms with Crippen LogP contribution in [0, 0.1) is 0 Å². The van der Waals surface area contributed by atoms with E-state index >= 15 is 0 Å². The molecule has 0 spiro atoms. The molecule has 3 rings (SSSR count). The maximum Gasteiger partial charge on any atom is 0.0207 e. The highest BCUT2D eigenvalue weighted by molar-refractivity contribution is 5.15. The van der Waals surface area contributed by atoms with Crippen LogP contribution in [-0.2, 0) is 19.4 Å². The van der Waals surface area contributed by atoms with Crippen LogP contribution >= 0.6 is 0 Å². The molecule has 0 aromatic heterocycles. The van der Waals surface area contributed by atoms with E-state index in [0.29, 0.717) is 12.1 Å². The lowest BCUT2D eigenvalue weighted by Crippen LogP contribution is -2.21. The first kappa shape index (κ1) is 27.6. The third-order valence-corrected chi connectivity index (χ3v) is 4.80. The summed E-state index contributed by atoms with van der Waals surface area (Å²) in [5.41, 5.74) is 15.1. The van der Waals surface area contributed by atoms with E-state index in [2.05, 4.69) is 92.0 Å². The minimum Gasteiger partial charge on any atom is -0.330 e. The smallest absolute Gasteiger partial charge is 0.0207 e. The number of hydrogen-bond donors (Lipinski definition) is 3. The molecule has 3 heteroatoms. The van der Waals surface area contributed by atoms with Crippen LogP contribution in [0.2, 0.25) is 0 Å². The van der Waals surface area contributed by atoms with Gasteiger partial charge in [-0.2, -0.15) is 0 Å². The highest BCUT2D eigenvalue weighted by Crippen LogP contribution is 2.03. The van der Waals surface area contributed by atoms with Crippen molar-refractivity contribution in [1.82, 2.24) is 5.32 Å². The largest absolute Gasteiger partial charge is 0.330 e. The molecular formula is C29H43N3. The molecule has 0 amide bonds. The lowest BCUT2D eigenvalue weighted by atomic mass is 10.1. The number of nitrogens with two attached hydrogens (primary N) is 2. The molecule has 1 atom stereocenters. The monoisotopic (exact) mass is 433 g/mol. The fourth-order valence-electron chi connectivity index (χ4n) is 2.91. The van der Waals surface area contributed by atoms with Crippen LogP contribution < -0.4 is 16.8 Å². The van der Waals surface area contributed by atoms with Crippen LogP contribution in [0.1, 0.15) is 50.3 Å². The van der Waals surface area contributed by atoms with E-state index in [9.17, 15) is 0 Å². The molecule has 0 saturated carbocycles. The lowest BCUT2D eigenvalue weighted by molar-refractivity contribution is 0.589. The third-order valence-electron chi connectivity index (χ3n) is 4.80. The topological polar surface area (TPSA) is 64.1 Å². The molecule has 0 bridgehead atoms. The highest BCUT2D eigenvalue weighted by Gasteiger charge is 1.95. The average molecular weight is 434 g/mol. The van der Waals surface area contributed by atoms with Gasteiger partial charge in [0.05, 0.1) is 0 Å². The summed E-state index contributed by atoms with van der Waals surface area (Å²) in [7, 11) is 0. The van der Waals surface area contributed by atoms with E-state index in [1.165, 1.54) is 16.7 Å².